The molecule has 0 radical (unpaired) electrons. The molecular weight excluding hydrogens is 342 g/mol. The molecule has 2 aliphatic heterocycles. The number of anilines is 1. The van der Waals surface area contributed by atoms with E-state index in [-0.39, 0.29) is 29.6 Å². The van der Waals surface area contributed by atoms with Crippen LogP contribution < -0.4 is 10.6 Å². The zero-order valence-electron chi connectivity index (χ0n) is 13.5. The van der Waals surface area contributed by atoms with Crippen LogP contribution in [-0.2, 0) is 9.84 Å². The van der Waals surface area contributed by atoms with Crippen molar-refractivity contribution in [2.24, 2.45) is 0 Å². The second kappa shape index (κ2) is 6.16. The molecule has 8 nitrogen and oxygen atoms in total. The van der Waals surface area contributed by atoms with Gasteiger partial charge in [-0.25, -0.2) is 17.9 Å². The maximum Gasteiger partial charge on any atom is 0.322 e. The molecule has 2 atom stereocenters. The molecule has 132 valence electrons. The fourth-order valence-electron chi connectivity index (χ4n) is 3.50. The Morgan fingerprint density at radius 1 is 1.24 bits per heavy atom. The van der Waals surface area contributed by atoms with Gasteiger partial charge in [0.2, 0.25) is 0 Å². The molecule has 2 saturated heterocycles. The van der Waals surface area contributed by atoms with Crippen molar-refractivity contribution in [3.63, 3.8) is 0 Å². The predicted molar refractivity (Wildman–Crippen MR) is 93.5 cm³/mol. The van der Waals surface area contributed by atoms with Gasteiger partial charge < -0.3 is 15.5 Å². The van der Waals surface area contributed by atoms with Crippen molar-refractivity contribution in [3.8, 4) is 5.69 Å². The molecular formula is C16H19N5O3S. The molecule has 1 aromatic heterocycles. The summed E-state index contributed by atoms with van der Waals surface area (Å²) in [6, 6.07) is 8.39. The summed E-state index contributed by atoms with van der Waals surface area (Å²) in [5, 5.41) is 10.3. The summed E-state index contributed by atoms with van der Waals surface area (Å²) in [7, 11) is -3.11. The summed E-state index contributed by atoms with van der Waals surface area (Å²) in [6.07, 6.45) is 3.47. The van der Waals surface area contributed by atoms with E-state index < -0.39 is 9.84 Å². The average molecular weight is 361 g/mol. The molecule has 2 amide bonds. The molecule has 4 rings (SSSR count). The number of hydrogen-bond donors (Lipinski definition) is 2. The third-order valence-electron chi connectivity index (χ3n) is 4.64. The lowest BCUT2D eigenvalue weighted by atomic mass is 10.1. The maximum atomic E-state index is 12.8. The number of sulfone groups is 1. The minimum Gasteiger partial charge on any atom is -0.318 e. The molecule has 3 heterocycles. The molecule has 0 spiro atoms. The number of benzene rings is 1. The van der Waals surface area contributed by atoms with Crippen molar-refractivity contribution in [2.45, 2.75) is 12.1 Å². The first kappa shape index (κ1) is 16.1. The molecule has 0 aliphatic carbocycles. The van der Waals surface area contributed by atoms with E-state index in [9.17, 15) is 13.2 Å². The van der Waals surface area contributed by atoms with Gasteiger partial charge >= 0.3 is 6.03 Å². The highest BCUT2D eigenvalue weighted by atomic mass is 32.2. The van der Waals surface area contributed by atoms with Crippen LogP contribution in [-0.4, -0.2) is 65.8 Å². The summed E-state index contributed by atoms with van der Waals surface area (Å²) in [5.74, 6) is 0.101. The Labute approximate surface area is 145 Å². The van der Waals surface area contributed by atoms with Gasteiger partial charge in [0, 0.05) is 31.5 Å². The van der Waals surface area contributed by atoms with E-state index in [4.69, 9.17) is 0 Å². The van der Waals surface area contributed by atoms with Gasteiger partial charge in [0.1, 0.15) is 0 Å². The number of hydrogen-bond acceptors (Lipinski definition) is 5. The van der Waals surface area contributed by atoms with Gasteiger partial charge in [0.25, 0.3) is 0 Å². The van der Waals surface area contributed by atoms with E-state index >= 15 is 0 Å². The summed E-state index contributed by atoms with van der Waals surface area (Å²) in [4.78, 5) is 14.4. The van der Waals surface area contributed by atoms with Crippen LogP contribution in [0.3, 0.4) is 0 Å². The minimum absolute atomic E-state index is 0.0128. The van der Waals surface area contributed by atoms with Crippen molar-refractivity contribution in [3.05, 3.63) is 42.7 Å². The Morgan fingerprint density at radius 2 is 2.08 bits per heavy atom. The smallest absolute Gasteiger partial charge is 0.318 e. The van der Waals surface area contributed by atoms with E-state index in [1.807, 2.05) is 24.3 Å². The molecule has 2 fully saturated rings. The first-order valence-electron chi connectivity index (χ1n) is 8.14. The van der Waals surface area contributed by atoms with Crippen molar-refractivity contribution in [2.75, 3.05) is 29.9 Å². The number of piperazine rings is 1. The zero-order chi connectivity index (χ0) is 17.4. The fourth-order valence-corrected chi connectivity index (χ4v) is 5.45. The Bertz CT molecular complexity index is 881. The standard InChI is InChI=1S/C16H19N5O3S/c22-16(20-9-7-17-13-10-25(23,24)11-15(13)20)19-12-4-1-2-5-14(12)21-8-3-6-18-21/h1-6,8,13,15,17H,7,9-11H2,(H,19,22)/t13-,15+/m0/s1. The van der Waals surface area contributed by atoms with Crippen LogP contribution in [0.5, 0.6) is 0 Å². The summed E-state index contributed by atoms with van der Waals surface area (Å²) in [5.41, 5.74) is 1.39. The second-order valence-corrected chi connectivity index (χ2v) is 8.45. The number of nitrogens with zero attached hydrogens (tertiary/aromatic N) is 3. The summed E-state index contributed by atoms with van der Waals surface area (Å²) in [6.45, 7) is 1.07. The lowest BCUT2D eigenvalue weighted by molar-refractivity contribution is 0.163. The van der Waals surface area contributed by atoms with Gasteiger partial charge in [-0.1, -0.05) is 12.1 Å². The predicted octanol–water partition coefficient (Wildman–Crippen LogP) is 0.475. The van der Waals surface area contributed by atoms with E-state index in [0.29, 0.717) is 18.8 Å². The number of fused-ring (bicyclic) bond motifs is 1. The van der Waals surface area contributed by atoms with Crippen LogP contribution >= 0.6 is 0 Å². The van der Waals surface area contributed by atoms with Gasteiger partial charge in [-0.2, -0.15) is 5.10 Å². The molecule has 2 aromatic rings. The fraction of sp³-hybridized carbons (Fsp3) is 0.375. The molecule has 2 N–H and O–H groups in total. The van der Waals surface area contributed by atoms with Gasteiger partial charge in [-0.15, -0.1) is 0 Å². The summed E-state index contributed by atoms with van der Waals surface area (Å²) >= 11 is 0. The number of carbonyl (C=O) groups is 1. The lowest BCUT2D eigenvalue weighted by Crippen LogP contribution is -2.59. The summed E-state index contributed by atoms with van der Waals surface area (Å²) < 4.78 is 25.5. The number of nitrogens with one attached hydrogen (secondary N) is 2. The highest BCUT2D eigenvalue weighted by Crippen LogP contribution is 2.24. The highest BCUT2D eigenvalue weighted by Gasteiger charge is 2.44. The quantitative estimate of drug-likeness (QED) is 0.811. The number of amides is 2. The van der Waals surface area contributed by atoms with Crippen LogP contribution in [0.4, 0.5) is 10.5 Å². The Kier molecular flexibility index (Phi) is 3.97. The van der Waals surface area contributed by atoms with Crippen LogP contribution in [0.15, 0.2) is 42.7 Å². The van der Waals surface area contributed by atoms with Crippen molar-refractivity contribution < 1.29 is 13.2 Å². The van der Waals surface area contributed by atoms with E-state index in [0.717, 1.165) is 5.69 Å². The Hall–Kier alpha value is -2.39. The van der Waals surface area contributed by atoms with Crippen LogP contribution in [0.2, 0.25) is 0 Å². The van der Waals surface area contributed by atoms with Gasteiger partial charge in [0.05, 0.1) is 28.9 Å². The third kappa shape index (κ3) is 3.12. The normalized spacial score (nSPS) is 24.7. The van der Waals surface area contributed by atoms with Crippen LogP contribution in [0.1, 0.15) is 0 Å². The second-order valence-electron chi connectivity index (χ2n) is 6.30. The first-order chi connectivity index (χ1) is 12.0. The van der Waals surface area contributed by atoms with Crippen molar-refractivity contribution in [1.29, 1.82) is 0 Å². The highest BCUT2D eigenvalue weighted by molar-refractivity contribution is 7.91. The molecule has 25 heavy (non-hydrogen) atoms. The molecule has 9 heteroatoms. The monoisotopic (exact) mass is 361 g/mol. The topological polar surface area (TPSA) is 96.3 Å². The number of rotatable bonds is 2. The lowest BCUT2D eigenvalue weighted by Gasteiger charge is -2.37. The first-order valence-corrected chi connectivity index (χ1v) is 9.96. The number of aromatic nitrogens is 2. The Balaban J connectivity index is 1.57. The van der Waals surface area contributed by atoms with E-state index in [1.54, 1.807) is 28.0 Å². The van der Waals surface area contributed by atoms with E-state index in [1.165, 1.54) is 0 Å². The molecule has 0 unspecified atom stereocenters. The SMILES string of the molecule is O=C(Nc1ccccc1-n1cccn1)N1CCN[C@H]2CS(=O)(=O)C[C@H]21. The van der Waals surface area contributed by atoms with Gasteiger partial charge in [-0.3, -0.25) is 0 Å². The minimum atomic E-state index is -3.11. The van der Waals surface area contributed by atoms with Gasteiger partial charge in [0.15, 0.2) is 9.84 Å². The zero-order valence-corrected chi connectivity index (χ0v) is 14.3. The molecule has 1 aromatic carbocycles. The molecule has 2 aliphatic rings. The average Bonchev–Trinajstić information content (AvgIpc) is 3.20. The number of urea groups is 1. The maximum absolute atomic E-state index is 12.8. The Morgan fingerprint density at radius 3 is 2.88 bits per heavy atom. The van der Waals surface area contributed by atoms with Crippen molar-refractivity contribution in [1.82, 2.24) is 20.0 Å². The van der Waals surface area contributed by atoms with E-state index in [2.05, 4.69) is 15.7 Å². The third-order valence-corrected chi connectivity index (χ3v) is 6.36. The van der Waals surface area contributed by atoms with Crippen molar-refractivity contribution >= 4 is 21.6 Å². The van der Waals surface area contributed by atoms with Crippen LogP contribution in [0.25, 0.3) is 5.69 Å². The molecule has 0 bridgehead atoms. The number of para-hydroxylation sites is 2. The van der Waals surface area contributed by atoms with Crippen LogP contribution in [0, 0.1) is 0 Å². The number of carbonyl (C=O) groups excluding carboxylic acids is 1. The molecule has 0 saturated carbocycles. The van der Waals surface area contributed by atoms with Gasteiger partial charge in [-0.05, 0) is 18.2 Å². The largest absolute Gasteiger partial charge is 0.322 e.